The summed E-state index contributed by atoms with van der Waals surface area (Å²) in [6.45, 7) is 4.12. The Morgan fingerprint density at radius 3 is 2.57 bits per heavy atom. The third-order valence-corrected chi connectivity index (χ3v) is 3.26. The number of benzene rings is 2. The van der Waals surface area contributed by atoms with Crippen LogP contribution in [0.25, 0.3) is 0 Å². The number of hydrogen-bond donors (Lipinski definition) is 2. The van der Waals surface area contributed by atoms with Gasteiger partial charge in [0.1, 0.15) is 0 Å². The van der Waals surface area contributed by atoms with Crippen LogP contribution in [0.2, 0.25) is 0 Å². The maximum atomic E-state index is 12.2. The zero-order valence-corrected chi connectivity index (χ0v) is 12.0. The van der Waals surface area contributed by atoms with Crippen molar-refractivity contribution in [1.82, 2.24) is 5.32 Å². The third kappa shape index (κ3) is 3.69. The van der Waals surface area contributed by atoms with Crippen LogP contribution >= 0.6 is 0 Å². The van der Waals surface area contributed by atoms with Crippen LogP contribution in [0.1, 0.15) is 37.4 Å². The first-order valence-electron chi connectivity index (χ1n) is 6.65. The van der Waals surface area contributed by atoms with Crippen molar-refractivity contribution in [3.63, 3.8) is 0 Å². The van der Waals surface area contributed by atoms with Gasteiger partial charge in [-0.3, -0.25) is 4.79 Å². The molecule has 2 aromatic rings. The van der Waals surface area contributed by atoms with Gasteiger partial charge in [0, 0.05) is 12.1 Å². The van der Waals surface area contributed by atoms with Gasteiger partial charge in [-0.2, -0.15) is 0 Å². The normalized spacial score (nSPS) is 10.2. The van der Waals surface area contributed by atoms with Crippen LogP contribution in [0, 0.1) is 13.8 Å². The Bertz CT molecular complexity index is 692. The molecule has 2 aromatic carbocycles. The summed E-state index contributed by atoms with van der Waals surface area (Å²) in [6.07, 6.45) is 0. The summed E-state index contributed by atoms with van der Waals surface area (Å²) in [4.78, 5) is 23.1. The molecule has 4 heteroatoms. The number of aryl methyl sites for hydroxylation is 2. The Hall–Kier alpha value is -2.62. The summed E-state index contributed by atoms with van der Waals surface area (Å²) >= 11 is 0. The van der Waals surface area contributed by atoms with E-state index < -0.39 is 5.97 Å². The van der Waals surface area contributed by atoms with Crippen molar-refractivity contribution in [3.8, 4) is 0 Å². The first-order valence-corrected chi connectivity index (χ1v) is 6.65. The highest BCUT2D eigenvalue weighted by molar-refractivity contribution is 5.95. The number of rotatable bonds is 4. The van der Waals surface area contributed by atoms with Gasteiger partial charge in [0.2, 0.25) is 0 Å². The summed E-state index contributed by atoms with van der Waals surface area (Å²) in [5.41, 5.74) is 3.56. The van der Waals surface area contributed by atoms with Gasteiger partial charge >= 0.3 is 5.97 Å². The summed E-state index contributed by atoms with van der Waals surface area (Å²) in [7, 11) is 0. The minimum Gasteiger partial charge on any atom is -0.478 e. The lowest BCUT2D eigenvalue weighted by atomic mass is 10.0. The van der Waals surface area contributed by atoms with E-state index in [1.54, 1.807) is 18.2 Å². The lowest BCUT2D eigenvalue weighted by molar-refractivity contribution is 0.0696. The van der Waals surface area contributed by atoms with E-state index in [0.29, 0.717) is 12.1 Å². The summed E-state index contributed by atoms with van der Waals surface area (Å²) < 4.78 is 0. The van der Waals surface area contributed by atoms with Crippen molar-refractivity contribution in [1.29, 1.82) is 0 Å². The molecule has 2 rings (SSSR count). The number of amides is 1. The number of hydrogen-bond acceptors (Lipinski definition) is 2. The van der Waals surface area contributed by atoms with Crippen molar-refractivity contribution >= 4 is 11.9 Å². The summed E-state index contributed by atoms with van der Waals surface area (Å²) in [5, 5.41) is 11.8. The number of aromatic carboxylic acids is 1. The molecular weight excluding hydrogens is 266 g/mol. The van der Waals surface area contributed by atoms with Crippen molar-refractivity contribution < 1.29 is 14.7 Å². The van der Waals surface area contributed by atoms with Crippen LogP contribution < -0.4 is 5.32 Å². The predicted octanol–water partition coefficient (Wildman–Crippen LogP) is 2.93. The molecule has 0 saturated heterocycles. The van der Waals surface area contributed by atoms with E-state index >= 15 is 0 Å². The van der Waals surface area contributed by atoms with Gasteiger partial charge in [0.25, 0.3) is 5.91 Å². The molecule has 0 bridgehead atoms. The number of nitrogens with one attached hydrogen (secondary N) is 1. The van der Waals surface area contributed by atoms with Crippen molar-refractivity contribution in [3.05, 3.63) is 70.3 Å². The van der Waals surface area contributed by atoms with Crippen LogP contribution in [0.15, 0.2) is 42.5 Å². The standard InChI is InChI=1S/C17H17NO3/c1-11-6-7-12(2)15(8-11)16(19)18-10-13-4-3-5-14(9-13)17(20)21/h3-9H,10H2,1-2H3,(H,18,19)(H,20,21). The Kier molecular flexibility index (Phi) is 4.38. The highest BCUT2D eigenvalue weighted by Gasteiger charge is 2.09. The molecule has 0 saturated carbocycles. The summed E-state index contributed by atoms with van der Waals surface area (Å²) in [6, 6.07) is 12.3. The topological polar surface area (TPSA) is 66.4 Å². The van der Waals surface area contributed by atoms with Crippen molar-refractivity contribution in [2.75, 3.05) is 0 Å². The Labute approximate surface area is 123 Å². The van der Waals surface area contributed by atoms with Crippen LogP contribution in [0.5, 0.6) is 0 Å². The van der Waals surface area contributed by atoms with E-state index in [4.69, 9.17) is 5.11 Å². The van der Waals surface area contributed by atoms with E-state index in [0.717, 1.165) is 16.7 Å². The minimum absolute atomic E-state index is 0.156. The third-order valence-electron chi connectivity index (χ3n) is 3.26. The smallest absolute Gasteiger partial charge is 0.335 e. The molecule has 0 unspecified atom stereocenters. The highest BCUT2D eigenvalue weighted by atomic mass is 16.4. The predicted molar refractivity (Wildman–Crippen MR) is 80.5 cm³/mol. The molecule has 0 aromatic heterocycles. The van der Waals surface area contributed by atoms with Crippen molar-refractivity contribution in [2.24, 2.45) is 0 Å². The van der Waals surface area contributed by atoms with Gasteiger partial charge in [-0.25, -0.2) is 4.79 Å². The van der Waals surface area contributed by atoms with Crippen LogP contribution in [-0.4, -0.2) is 17.0 Å². The Balaban J connectivity index is 2.09. The van der Waals surface area contributed by atoms with Gasteiger partial charge < -0.3 is 10.4 Å². The lowest BCUT2D eigenvalue weighted by Crippen LogP contribution is -2.23. The SMILES string of the molecule is Cc1ccc(C)c(C(=O)NCc2cccc(C(=O)O)c2)c1. The van der Waals surface area contributed by atoms with Crippen LogP contribution in [0.4, 0.5) is 0 Å². The van der Waals surface area contributed by atoms with Gasteiger partial charge in [-0.15, -0.1) is 0 Å². The van der Waals surface area contributed by atoms with E-state index in [-0.39, 0.29) is 11.5 Å². The molecular formula is C17H17NO3. The van der Waals surface area contributed by atoms with Gasteiger partial charge in [-0.1, -0.05) is 29.8 Å². The second kappa shape index (κ2) is 6.22. The largest absolute Gasteiger partial charge is 0.478 e. The molecule has 0 aliphatic rings. The molecule has 0 fully saturated rings. The second-order valence-corrected chi connectivity index (χ2v) is 5.01. The second-order valence-electron chi connectivity index (χ2n) is 5.01. The average molecular weight is 283 g/mol. The van der Waals surface area contributed by atoms with Gasteiger partial charge in [0.05, 0.1) is 5.56 Å². The Morgan fingerprint density at radius 1 is 1.10 bits per heavy atom. The van der Waals surface area contributed by atoms with Gasteiger partial charge in [-0.05, 0) is 43.2 Å². The van der Waals surface area contributed by atoms with E-state index in [1.807, 2.05) is 32.0 Å². The number of carbonyl (C=O) groups excluding carboxylic acids is 1. The Morgan fingerprint density at radius 2 is 1.86 bits per heavy atom. The molecule has 4 nitrogen and oxygen atoms in total. The maximum Gasteiger partial charge on any atom is 0.335 e. The first-order chi connectivity index (χ1) is 9.97. The molecule has 1 amide bonds. The zero-order valence-electron chi connectivity index (χ0n) is 12.0. The van der Waals surface area contributed by atoms with Crippen molar-refractivity contribution in [2.45, 2.75) is 20.4 Å². The fourth-order valence-corrected chi connectivity index (χ4v) is 2.07. The quantitative estimate of drug-likeness (QED) is 0.906. The van der Waals surface area contributed by atoms with Crippen LogP contribution in [-0.2, 0) is 6.54 Å². The molecule has 0 spiro atoms. The number of carboxylic acids is 1. The fourth-order valence-electron chi connectivity index (χ4n) is 2.07. The average Bonchev–Trinajstić information content (AvgIpc) is 2.47. The van der Waals surface area contributed by atoms with E-state index in [2.05, 4.69) is 5.32 Å². The molecule has 0 radical (unpaired) electrons. The zero-order chi connectivity index (χ0) is 15.4. The van der Waals surface area contributed by atoms with Crippen LogP contribution in [0.3, 0.4) is 0 Å². The highest BCUT2D eigenvalue weighted by Crippen LogP contribution is 2.11. The molecule has 0 atom stereocenters. The first kappa shape index (κ1) is 14.8. The maximum absolute atomic E-state index is 12.2. The molecule has 2 N–H and O–H groups in total. The summed E-state index contributed by atoms with van der Waals surface area (Å²) in [5.74, 6) is -1.13. The van der Waals surface area contributed by atoms with E-state index in [9.17, 15) is 9.59 Å². The number of carboxylic acid groups (broad SMARTS) is 1. The molecule has 21 heavy (non-hydrogen) atoms. The molecule has 0 heterocycles. The lowest BCUT2D eigenvalue weighted by Gasteiger charge is -2.09. The number of carbonyl (C=O) groups is 2. The van der Waals surface area contributed by atoms with E-state index in [1.165, 1.54) is 6.07 Å². The van der Waals surface area contributed by atoms with Gasteiger partial charge in [0.15, 0.2) is 0 Å². The molecule has 0 aliphatic heterocycles. The molecule has 0 aliphatic carbocycles. The molecule has 108 valence electrons. The monoisotopic (exact) mass is 283 g/mol. The minimum atomic E-state index is -0.974. The fraction of sp³-hybridized carbons (Fsp3) is 0.176.